The summed E-state index contributed by atoms with van der Waals surface area (Å²) in [5.41, 5.74) is 2.35. The summed E-state index contributed by atoms with van der Waals surface area (Å²) in [4.78, 5) is 4.26. The molecule has 0 saturated carbocycles. The van der Waals surface area contributed by atoms with E-state index in [2.05, 4.69) is 10.3 Å². The summed E-state index contributed by atoms with van der Waals surface area (Å²) < 4.78 is 0. The lowest BCUT2D eigenvalue weighted by molar-refractivity contribution is 0.811. The van der Waals surface area contributed by atoms with Gasteiger partial charge in [0.15, 0.2) is 0 Å². The lowest BCUT2D eigenvalue weighted by Gasteiger charge is -2.14. The Labute approximate surface area is 60.3 Å². The molecule has 0 spiro atoms. The number of rotatable bonds is 0. The van der Waals surface area contributed by atoms with E-state index < -0.39 is 0 Å². The van der Waals surface area contributed by atoms with Crippen LogP contribution in [0.2, 0.25) is 0 Å². The van der Waals surface area contributed by atoms with Crippen LogP contribution in [0.15, 0.2) is 28.7 Å². The molecule has 0 amide bonds. The van der Waals surface area contributed by atoms with E-state index in [0.717, 1.165) is 25.0 Å². The fourth-order valence-corrected chi connectivity index (χ4v) is 1.21. The topological polar surface area (TPSA) is 26.5 Å². The van der Waals surface area contributed by atoms with Gasteiger partial charge in [-0.05, 0) is 12.8 Å². The fourth-order valence-electron chi connectivity index (χ4n) is 1.21. The SMILES string of the molecule is C1=C[N]C2=C(C1)N=CCC2. The molecule has 2 heteroatoms. The summed E-state index contributed by atoms with van der Waals surface area (Å²) in [7, 11) is 0. The van der Waals surface area contributed by atoms with Crippen LogP contribution in [0.4, 0.5) is 0 Å². The summed E-state index contributed by atoms with van der Waals surface area (Å²) in [5, 5.41) is 4.24. The van der Waals surface area contributed by atoms with Gasteiger partial charge in [-0.2, -0.15) is 0 Å². The van der Waals surface area contributed by atoms with E-state index in [0.29, 0.717) is 0 Å². The Morgan fingerprint density at radius 1 is 1.30 bits per heavy atom. The molecule has 1 radical (unpaired) electrons. The van der Waals surface area contributed by atoms with Crippen LogP contribution in [0, 0.1) is 0 Å². The average molecular weight is 133 g/mol. The van der Waals surface area contributed by atoms with Crippen LogP contribution in [-0.4, -0.2) is 6.21 Å². The first-order valence-electron chi connectivity index (χ1n) is 3.57. The van der Waals surface area contributed by atoms with Gasteiger partial charge in [0.05, 0.1) is 11.4 Å². The molecule has 2 nitrogen and oxygen atoms in total. The van der Waals surface area contributed by atoms with Crippen LogP contribution in [0.3, 0.4) is 0 Å². The van der Waals surface area contributed by atoms with E-state index in [4.69, 9.17) is 0 Å². The van der Waals surface area contributed by atoms with Crippen LogP contribution in [0.5, 0.6) is 0 Å². The van der Waals surface area contributed by atoms with Gasteiger partial charge in [0.2, 0.25) is 0 Å². The maximum absolute atomic E-state index is 4.26. The van der Waals surface area contributed by atoms with Gasteiger partial charge < -0.3 is 0 Å². The Morgan fingerprint density at radius 2 is 2.30 bits per heavy atom. The largest absolute Gasteiger partial charge is 0.263 e. The van der Waals surface area contributed by atoms with Gasteiger partial charge in [-0.15, -0.1) is 0 Å². The van der Waals surface area contributed by atoms with Crippen LogP contribution in [0.1, 0.15) is 19.3 Å². The number of allylic oxidation sites excluding steroid dienone is 2. The number of nitrogens with zero attached hydrogens (tertiary/aromatic N) is 2. The summed E-state index contributed by atoms with van der Waals surface area (Å²) in [6.45, 7) is 0. The van der Waals surface area contributed by atoms with Gasteiger partial charge in [0.1, 0.15) is 0 Å². The quantitative estimate of drug-likeness (QED) is 0.479. The standard InChI is InChI=1S/C8H9N2/c1-3-7-8(9-5-1)4-2-6-10-7/h1,5-6H,2-4H2. The van der Waals surface area contributed by atoms with Crippen LogP contribution in [0.25, 0.3) is 0 Å². The van der Waals surface area contributed by atoms with Gasteiger partial charge in [0.25, 0.3) is 0 Å². The first-order valence-corrected chi connectivity index (χ1v) is 3.57. The van der Waals surface area contributed by atoms with Crippen molar-refractivity contribution in [1.82, 2.24) is 5.32 Å². The van der Waals surface area contributed by atoms with Crippen molar-refractivity contribution in [3.05, 3.63) is 23.7 Å². The maximum atomic E-state index is 4.26. The molecule has 0 aromatic heterocycles. The second kappa shape index (κ2) is 2.29. The zero-order chi connectivity index (χ0) is 6.81. The van der Waals surface area contributed by atoms with Crippen molar-refractivity contribution >= 4 is 6.21 Å². The monoisotopic (exact) mass is 133 g/mol. The van der Waals surface area contributed by atoms with E-state index >= 15 is 0 Å². The van der Waals surface area contributed by atoms with Crippen molar-refractivity contribution in [1.29, 1.82) is 0 Å². The average Bonchev–Trinajstić information content (AvgIpc) is 2.05. The molecule has 2 heterocycles. The van der Waals surface area contributed by atoms with Crippen molar-refractivity contribution < 1.29 is 0 Å². The molecule has 0 N–H and O–H groups in total. The Hall–Kier alpha value is -1.05. The van der Waals surface area contributed by atoms with Gasteiger partial charge in [-0.3, -0.25) is 10.3 Å². The molecule has 0 aliphatic carbocycles. The molecule has 51 valence electrons. The number of aliphatic imine (C=N–C) groups is 1. The molecular formula is C8H9N2. The second-order valence-corrected chi connectivity index (χ2v) is 2.46. The lowest BCUT2D eigenvalue weighted by Crippen LogP contribution is -2.08. The zero-order valence-electron chi connectivity index (χ0n) is 5.75. The fraction of sp³-hybridized carbons (Fsp3) is 0.375. The van der Waals surface area contributed by atoms with Crippen LogP contribution in [-0.2, 0) is 0 Å². The number of hydrogen-bond donors (Lipinski definition) is 0. The Morgan fingerprint density at radius 3 is 3.20 bits per heavy atom. The third kappa shape index (κ3) is 0.856. The molecule has 0 aromatic carbocycles. The van der Waals surface area contributed by atoms with Gasteiger partial charge in [-0.1, -0.05) is 6.08 Å². The highest BCUT2D eigenvalue weighted by Crippen LogP contribution is 2.21. The van der Waals surface area contributed by atoms with Crippen molar-refractivity contribution in [2.75, 3.05) is 0 Å². The molecule has 0 atom stereocenters. The lowest BCUT2D eigenvalue weighted by atomic mass is 10.1. The highest BCUT2D eigenvalue weighted by Gasteiger charge is 2.10. The third-order valence-electron chi connectivity index (χ3n) is 1.74. The molecule has 0 aromatic rings. The van der Waals surface area contributed by atoms with Crippen molar-refractivity contribution in [3.8, 4) is 0 Å². The maximum Gasteiger partial charge on any atom is 0.0652 e. The molecule has 10 heavy (non-hydrogen) atoms. The smallest absolute Gasteiger partial charge is 0.0652 e. The van der Waals surface area contributed by atoms with E-state index in [-0.39, 0.29) is 0 Å². The predicted molar refractivity (Wildman–Crippen MR) is 40.6 cm³/mol. The minimum Gasteiger partial charge on any atom is -0.263 e. The molecular weight excluding hydrogens is 124 g/mol. The highest BCUT2D eigenvalue weighted by molar-refractivity contribution is 5.61. The summed E-state index contributed by atoms with van der Waals surface area (Å²) >= 11 is 0. The summed E-state index contributed by atoms with van der Waals surface area (Å²) in [5.74, 6) is 0. The van der Waals surface area contributed by atoms with Crippen molar-refractivity contribution in [2.45, 2.75) is 19.3 Å². The predicted octanol–water partition coefficient (Wildman–Crippen LogP) is 1.58. The Kier molecular flexibility index (Phi) is 1.31. The molecule has 0 fully saturated rings. The minimum absolute atomic E-state index is 0.968. The van der Waals surface area contributed by atoms with Crippen LogP contribution < -0.4 is 5.32 Å². The molecule has 0 bridgehead atoms. The van der Waals surface area contributed by atoms with E-state index in [1.807, 2.05) is 18.5 Å². The molecule has 0 saturated heterocycles. The van der Waals surface area contributed by atoms with Gasteiger partial charge in [0, 0.05) is 18.8 Å². The molecule has 2 rings (SSSR count). The van der Waals surface area contributed by atoms with Crippen molar-refractivity contribution in [3.63, 3.8) is 0 Å². The third-order valence-corrected chi connectivity index (χ3v) is 1.74. The molecule has 0 unspecified atom stereocenters. The van der Waals surface area contributed by atoms with E-state index in [9.17, 15) is 0 Å². The van der Waals surface area contributed by atoms with Gasteiger partial charge >= 0.3 is 0 Å². The zero-order valence-corrected chi connectivity index (χ0v) is 5.75. The first kappa shape index (κ1) is 5.71. The van der Waals surface area contributed by atoms with Crippen molar-refractivity contribution in [2.24, 2.45) is 4.99 Å². The normalized spacial score (nSPS) is 22.4. The summed E-state index contributed by atoms with van der Waals surface area (Å²) in [6, 6.07) is 0. The molecule has 2 aliphatic rings. The first-order chi connectivity index (χ1) is 4.97. The van der Waals surface area contributed by atoms with Gasteiger partial charge in [-0.25, -0.2) is 0 Å². The van der Waals surface area contributed by atoms with Crippen LogP contribution >= 0.6 is 0 Å². The number of hydrogen-bond acceptors (Lipinski definition) is 1. The Balaban J connectivity index is 2.25. The second-order valence-electron chi connectivity index (χ2n) is 2.46. The van der Waals surface area contributed by atoms with E-state index in [1.165, 1.54) is 5.70 Å². The summed E-state index contributed by atoms with van der Waals surface area (Å²) in [6.07, 6.45) is 8.99. The minimum atomic E-state index is 0.968. The van der Waals surface area contributed by atoms with E-state index in [1.54, 1.807) is 0 Å². The Bertz CT molecular complexity index is 223. The molecule has 2 aliphatic heterocycles. The highest BCUT2D eigenvalue weighted by atomic mass is 14.9.